The molecule has 0 heterocycles. The molecule has 1 N–H and O–H groups in total. The summed E-state index contributed by atoms with van der Waals surface area (Å²) in [5.41, 5.74) is 1.45. The van der Waals surface area contributed by atoms with Gasteiger partial charge in [0, 0.05) is 23.5 Å². The number of carbonyl (C=O) groups is 2. The second-order valence-corrected chi connectivity index (χ2v) is 5.40. The molecular formula is C14H20N2O2S. The Morgan fingerprint density at radius 3 is 2.58 bits per heavy atom. The third-order valence-electron chi connectivity index (χ3n) is 2.63. The molecule has 0 aliphatic heterocycles. The van der Waals surface area contributed by atoms with Gasteiger partial charge in [0.1, 0.15) is 0 Å². The van der Waals surface area contributed by atoms with Crippen LogP contribution in [-0.4, -0.2) is 36.3 Å². The van der Waals surface area contributed by atoms with Gasteiger partial charge in [-0.05, 0) is 38.5 Å². The number of nitrogens with one attached hydrogen (secondary N) is 1. The monoisotopic (exact) mass is 280 g/mol. The fourth-order valence-corrected chi connectivity index (χ4v) is 1.90. The standard InChI is InChI=1S/C14H20N2O2S/c1-9(2)15-13(17)8-16(4)14(18)12-7-11(19)6-5-10(12)3/h5-7,9,19H,8H2,1-4H3,(H,15,17). The summed E-state index contributed by atoms with van der Waals surface area (Å²) in [6, 6.07) is 5.47. The minimum Gasteiger partial charge on any atom is -0.352 e. The van der Waals surface area contributed by atoms with Crippen LogP contribution in [0.25, 0.3) is 0 Å². The van der Waals surface area contributed by atoms with Crippen molar-refractivity contribution in [1.82, 2.24) is 10.2 Å². The second-order valence-electron chi connectivity index (χ2n) is 4.88. The van der Waals surface area contributed by atoms with Crippen LogP contribution in [0, 0.1) is 6.92 Å². The number of aryl methyl sites for hydroxylation is 1. The molecule has 104 valence electrons. The lowest BCUT2D eigenvalue weighted by molar-refractivity contribution is -0.122. The fraction of sp³-hybridized carbons (Fsp3) is 0.429. The van der Waals surface area contributed by atoms with Gasteiger partial charge in [0.15, 0.2) is 0 Å². The van der Waals surface area contributed by atoms with E-state index in [9.17, 15) is 9.59 Å². The number of nitrogens with zero attached hydrogens (tertiary/aromatic N) is 1. The van der Waals surface area contributed by atoms with Crippen molar-refractivity contribution < 1.29 is 9.59 Å². The van der Waals surface area contributed by atoms with Gasteiger partial charge in [0.25, 0.3) is 5.91 Å². The third kappa shape index (κ3) is 4.59. The average Bonchev–Trinajstić information content (AvgIpc) is 2.30. The Labute approximate surface area is 119 Å². The zero-order valence-corrected chi connectivity index (χ0v) is 12.6. The van der Waals surface area contributed by atoms with Crippen LogP contribution in [0.3, 0.4) is 0 Å². The van der Waals surface area contributed by atoms with E-state index in [1.54, 1.807) is 13.1 Å². The Hall–Kier alpha value is -1.49. The molecule has 1 rings (SSSR count). The lowest BCUT2D eigenvalue weighted by Gasteiger charge is -2.19. The van der Waals surface area contributed by atoms with Crippen LogP contribution < -0.4 is 5.32 Å². The van der Waals surface area contributed by atoms with Gasteiger partial charge in [-0.3, -0.25) is 9.59 Å². The van der Waals surface area contributed by atoms with Crippen LogP contribution in [0.1, 0.15) is 29.8 Å². The SMILES string of the molecule is Cc1ccc(S)cc1C(=O)N(C)CC(=O)NC(C)C. The van der Waals surface area contributed by atoms with E-state index in [1.807, 2.05) is 32.9 Å². The summed E-state index contributed by atoms with van der Waals surface area (Å²) in [6.45, 7) is 5.68. The highest BCUT2D eigenvalue weighted by molar-refractivity contribution is 7.80. The van der Waals surface area contributed by atoms with E-state index in [-0.39, 0.29) is 24.4 Å². The first-order valence-electron chi connectivity index (χ1n) is 6.15. The van der Waals surface area contributed by atoms with Crippen molar-refractivity contribution in [3.8, 4) is 0 Å². The van der Waals surface area contributed by atoms with Crippen molar-refractivity contribution in [3.63, 3.8) is 0 Å². The number of hydrogen-bond acceptors (Lipinski definition) is 3. The topological polar surface area (TPSA) is 49.4 Å². The molecule has 0 saturated carbocycles. The van der Waals surface area contributed by atoms with Gasteiger partial charge in [0.05, 0.1) is 6.54 Å². The largest absolute Gasteiger partial charge is 0.352 e. The zero-order valence-electron chi connectivity index (χ0n) is 11.7. The van der Waals surface area contributed by atoms with Crippen LogP contribution in [0.5, 0.6) is 0 Å². The number of likely N-dealkylation sites (N-methyl/N-ethyl adjacent to an activating group) is 1. The summed E-state index contributed by atoms with van der Waals surface area (Å²) in [5, 5.41) is 2.76. The summed E-state index contributed by atoms with van der Waals surface area (Å²) in [4.78, 5) is 26.0. The van der Waals surface area contributed by atoms with Crippen LogP contribution in [-0.2, 0) is 4.79 Å². The maximum absolute atomic E-state index is 12.3. The first kappa shape index (κ1) is 15.6. The number of hydrogen-bond donors (Lipinski definition) is 2. The second kappa shape index (κ2) is 6.61. The predicted octanol–water partition coefficient (Wildman–Crippen LogP) is 1.88. The lowest BCUT2D eigenvalue weighted by atomic mass is 10.1. The maximum atomic E-state index is 12.3. The van der Waals surface area contributed by atoms with Crippen molar-refractivity contribution in [2.24, 2.45) is 0 Å². The number of amides is 2. The fourth-order valence-electron chi connectivity index (χ4n) is 1.70. The van der Waals surface area contributed by atoms with Crippen LogP contribution in [0.15, 0.2) is 23.1 Å². The van der Waals surface area contributed by atoms with Crippen molar-refractivity contribution in [1.29, 1.82) is 0 Å². The van der Waals surface area contributed by atoms with E-state index in [0.29, 0.717) is 5.56 Å². The molecule has 19 heavy (non-hydrogen) atoms. The predicted molar refractivity (Wildman–Crippen MR) is 78.7 cm³/mol. The maximum Gasteiger partial charge on any atom is 0.254 e. The quantitative estimate of drug-likeness (QED) is 0.827. The van der Waals surface area contributed by atoms with Crippen LogP contribution >= 0.6 is 12.6 Å². The summed E-state index contributed by atoms with van der Waals surface area (Å²) in [6.07, 6.45) is 0. The zero-order chi connectivity index (χ0) is 14.6. The summed E-state index contributed by atoms with van der Waals surface area (Å²) < 4.78 is 0. The highest BCUT2D eigenvalue weighted by atomic mass is 32.1. The molecule has 0 aliphatic carbocycles. The number of rotatable bonds is 4. The molecule has 0 spiro atoms. The van der Waals surface area contributed by atoms with Crippen molar-refractivity contribution >= 4 is 24.4 Å². The average molecular weight is 280 g/mol. The van der Waals surface area contributed by atoms with Gasteiger partial charge in [-0.25, -0.2) is 0 Å². The van der Waals surface area contributed by atoms with E-state index in [4.69, 9.17) is 0 Å². The molecule has 0 fully saturated rings. The normalized spacial score (nSPS) is 10.4. The number of benzene rings is 1. The first-order valence-corrected chi connectivity index (χ1v) is 6.60. The Kier molecular flexibility index (Phi) is 5.42. The van der Waals surface area contributed by atoms with Crippen molar-refractivity contribution in [2.45, 2.75) is 31.7 Å². The molecule has 0 atom stereocenters. The molecule has 4 nitrogen and oxygen atoms in total. The van der Waals surface area contributed by atoms with Gasteiger partial charge < -0.3 is 10.2 Å². The Morgan fingerprint density at radius 2 is 2.00 bits per heavy atom. The smallest absolute Gasteiger partial charge is 0.254 e. The first-order chi connectivity index (χ1) is 8.81. The molecule has 1 aromatic rings. The molecule has 1 aromatic carbocycles. The Bertz CT molecular complexity index is 486. The van der Waals surface area contributed by atoms with E-state index in [1.165, 1.54) is 4.90 Å². The molecule has 0 radical (unpaired) electrons. The van der Waals surface area contributed by atoms with Gasteiger partial charge in [0.2, 0.25) is 5.91 Å². The van der Waals surface area contributed by atoms with Crippen LogP contribution in [0.4, 0.5) is 0 Å². The molecule has 0 saturated heterocycles. The molecule has 0 aliphatic rings. The van der Waals surface area contributed by atoms with Gasteiger partial charge in [-0.2, -0.15) is 0 Å². The van der Waals surface area contributed by atoms with Gasteiger partial charge in [-0.15, -0.1) is 12.6 Å². The highest BCUT2D eigenvalue weighted by Gasteiger charge is 2.17. The van der Waals surface area contributed by atoms with E-state index >= 15 is 0 Å². The number of carbonyl (C=O) groups excluding carboxylic acids is 2. The third-order valence-corrected chi connectivity index (χ3v) is 2.91. The Balaban J connectivity index is 2.77. The molecule has 0 bridgehead atoms. The molecule has 5 heteroatoms. The van der Waals surface area contributed by atoms with Crippen molar-refractivity contribution in [3.05, 3.63) is 29.3 Å². The lowest BCUT2D eigenvalue weighted by Crippen LogP contribution is -2.41. The van der Waals surface area contributed by atoms with E-state index in [2.05, 4.69) is 17.9 Å². The minimum atomic E-state index is -0.174. The summed E-state index contributed by atoms with van der Waals surface area (Å²) in [7, 11) is 1.62. The number of thiol groups is 1. The molecule has 2 amide bonds. The summed E-state index contributed by atoms with van der Waals surface area (Å²) in [5.74, 6) is -0.335. The van der Waals surface area contributed by atoms with E-state index < -0.39 is 0 Å². The van der Waals surface area contributed by atoms with E-state index in [0.717, 1.165) is 10.5 Å². The Morgan fingerprint density at radius 1 is 1.37 bits per heavy atom. The molecular weight excluding hydrogens is 260 g/mol. The molecule has 0 unspecified atom stereocenters. The van der Waals surface area contributed by atoms with Crippen molar-refractivity contribution in [2.75, 3.05) is 13.6 Å². The van der Waals surface area contributed by atoms with Crippen LogP contribution in [0.2, 0.25) is 0 Å². The summed E-state index contributed by atoms with van der Waals surface area (Å²) >= 11 is 4.23. The van der Waals surface area contributed by atoms with Gasteiger partial charge >= 0.3 is 0 Å². The van der Waals surface area contributed by atoms with Gasteiger partial charge in [-0.1, -0.05) is 6.07 Å². The highest BCUT2D eigenvalue weighted by Crippen LogP contribution is 2.15. The molecule has 0 aromatic heterocycles. The minimum absolute atomic E-state index is 0.0489.